The van der Waals surface area contributed by atoms with Gasteiger partial charge in [0.25, 0.3) is 0 Å². The number of hydrogen-bond donors (Lipinski definition) is 0. The number of hydrogen-bond acceptors (Lipinski definition) is 3. The Labute approximate surface area is 72.0 Å². The highest BCUT2D eigenvalue weighted by atomic mass is 32.2. The Hall–Kier alpha value is -0.490. The molecule has 0 heterocycles. The van der Waals surface area contributed by atoms with E-state index in [1.54, 1.807) is 0 Å². The van der Waals surface area contributed by atoms with Gasteiger partial charge in [0, 0.05) is 6.42 Å². The van der Waals surface area contributed by atoms with Gasteiger partial charge in [0.1, 0.15) is 0 Å². The Morgan fingerprint density at radius 2 is 2.27 bits per heavy atom. The zero-order valence-corrected chi connectivity index (χ0v) is 7.78. The largest absolute Gasteiger partial charge is 0.287 e. The van der Waals surface area contributed by atoms with E-state index in [-0.39, 0.29) is 10.4 Å². The first kappa shape index (κ1) is 10.5. The molecule has 11 heavy (non-hydrogen) atoms. The molecule has 0 aliphatic rings. The van der Waals surface area contributed by atoms with E-state index in [1.807, 2.05) is 13.8 Å². The second-order valence-corrected chi connectivity index (χ2v) is 3.53. The highest BCUT2D eigenvalue weighted by Crippen LogP contribution is 2.16. The Morgan fingerprint density at radius 1 is 1.64 bits per heavy atom. The average Bonchev–Trinajstić information content (AvgIpc) is 2.01. The minimum Gasteiger partial charge on any atom is -0.287 e. The van der Waals surface area contributed by atoms with E-state index in [0.29, 0.717) is 6.42 Å². The van der Waals surface area contributed by atoms with Crippen molar-refractivity contribution >= 4 is 16.9 Å². The van der Waals surface area contributed by atoms with Gasteiger partial charge < -0.3 is 0 Å². The lowest BCUT2D eigenvalue weighted by molar-refractivity contribution is -0.111. The Bertz CT molecular complexity index is 162. The average molecular weight is 171 g/mol. The molecule has 0 saturated heterocycles. The van der Waals surface area contributed by atoms with E-state index in [9.17, 15) is 4.79 Å². The first-order valence-corrected chi connectivity index (χ1v) is 4.71. The van der Waals surface area contributed by atoms with Crippen LogP contribution in [0.5, 0.6) is 0 Å². The van der Waals surface area contributed by atoms with Crippen molar-refractivity contribution < 1.29 is 4.79 Å². The maximum Gasteiger partial charge on any atom is 0.190 e. The number of nitriles is 1. The van der Waals surface area contributed by atoms with Crippen LogP contribution in [0, 0.1) is 11.3 Å². The van der Waals surface area contributed by atoms with Crippen LogP contribution in [0.2, 0.25) is 0 Å². The SMILES string of the molecule is CCCC(=O)SC(C#N)CC. The molecule has 3 heteroatoms. The van der Waals surface area contributed by atoms with E-state index < -0.39 is 0 Å². The number of carbonyl (C=O) groups excluding carboxylic acids is 1. The molecule has 0 amide bonds. The third-order valence-corrected chi connectivity index (χ3v) is 2.43. The topological polar surface area (TPSA) is 40.9 Å². The fraction of sp³-hybridized carbons (Fsp3) is 0.750. The molecule has 0 N–H and O–H groups in total. The molecular weight excluding hydrogens is 158 g/mol. The van der Waals surface area contributed by atoms with Gasteiger partial charge in [-0.15, -0.1) is 0 Å². The van der Waals surface area contributed by atoms with E-state index in [2.05, 4.69) is 6.07 Å². The predicted octanol–water partition coefficient (Wildman–Crippen LogP) is 2.35. The van der Waals surface area contributed by atoms with Gasteiger partial charge in [-0.25, -0.2) is 0 Å². The maximum absolute atomic E-state index is 11.0. The van der Waals surface area contributed by atoms with Crippen LogP contribution in [0.15, 0.2) is 0 Å². The molecule has 0 radical (unpaired) electrons. The third-order valence-electron chi connectivity index (χ3n) is 1.24. The molecule has 0 aromatic heterocycles. The predicted molar refractivity (Wildman–Crippen MR) is 47.2 cm³/mol. The second kappa shape index (κ2) is 6.23. The van der Waals surface area contributed by atoms with Crippen LogP contribution in [0.1, 0.15) is 33.1 Å². The molecule has 1 atom stereocenters. The summed E-state index contributed by atoms with van der Waals surface area (Å²) in [6.45, 7) is 3.88. The summed E-state index contributed by atoms with van der Waals surface area (Å²) in [5, 5.41) is 8.52. The molecule has 0 aromatic carbocycles. The molecule has 0 saturated carbocycles. The zero-order valence-electron chi connectivity index (χ0n) is 6.96. The van der Waals surface area contributed by atoms with Crippen LogP contribution in [0.4, 0.5) is 0 Å². The summed E-state index contributed by atoms with van der Waals surface area (Å²) < 4.78 is 0. The molecule has 1 unspecified atom stereocenters. The van der Waals surface area contributed by atoms with Crippen molar-refractivity contribution in [3.63, 3.8) is 0 Å². The Balaban J connectivity index is 3.65. The molecule has 62 valence electrons. The highest BCUT2D eigenvalue weighted by Gasteiger charge is 2.10. The molecule has 0 aliphatic heterocycles. The smallest absolute Gasteiger partial charge is 0.190 e. The lowest BCUT2D eigenvalue weighted by Crippen LogP contribution is -2.02. The van der Waals surface area contributed by atoms with Crippen molar-refractivity contribution in [1.82, 2.24) is 0 Å². The second-order valence-electron chi connectivity index (χ2n) is 2.27. The number of carbonyl (C=O) groups is 1. The molecular formula is C8H13NOS. The van der Waals surface area contributed by atoms with Gasteiger partial charge in [-0.2, -0.15) is 5.26 Å². The molecule has 0 aliphatic carbocycles. The fourth-order valence-electron chi connectivity index (χ4n) is 0.623. The minimum atomic E-state index is -0.144. The summed E-state index contributed by atoms with van der Waals surface area (Å²) in [5.74, 6) is 0. The van der Waals surface area contributed by atoms with Crippen molar-refractivity contribution in [3.8, 4) is 6.07 Å². The van der Waals surface area contributed by atoms with E-state index in [1.165, 1.54) is 11.8 Å². The van der Waals surface area contributed by atoms with Crippen molar-refractivity contribution in [2.75, 3.05) is 0 Å². The first-order chi connectivity index (χ1) is 5.24. The molecule has 0 aromatic rings. The van der Waals surface area contributed by atoms with Crippen LogP contribution in [0.3, 0.4) is 0 Å². The third kappa shape index (κ3) is 4.86. The van der Waals surface area contributed by atoms with E-state index in [4.69, 9.17) is 5.26 Å². The van der Waals surface area contributed by atoms with Crippen molar-refractivity contribution in [2.24, 2.45) is 0 Å². The maximum atomic E-state index is 11.0. The first-order valence-electron chi connectivity index (χ1n) is 3.83. The van der Waals surface area contributed by atoms with Crippen LogP contribution in [-0.4, -0.2) is 10.4 Å². The van der Waals surface area contributed by atoms with Crippen LogP contribution < -0.4 is 0 Å². The van der Waals surface area contributed by atoms with Gasteiger partial charge in [0.05, 0.1) is 11.3 Å². The standard InChI is InChI=1S/C8H13NOS/c1-3-5-8(10)11-7(4-2)6-9/h7H,3-5H2,1-2H3. The van der Waals surface area contributed by atoms with Gasteiger partial charge in [-0.3, -0.25) is 4.79 Å². The summed E-state index contributed by atoms with van der Waals surface area (Å²) in [6.07, 6.45) is 2.20. The van der Waals surface area contributed by atoms with Crippen molar-refractivity contribution in [2.45, 2.75) is 38.4 Å². The molecule has 2 nitrogen and oxygen atoms in total. The van der Waals surface area contributed by atoms with Crippen LogP contribution in [0.25, 0.3) is 0 Å². The summed E-state index contributed by atoms with van der Waals surface area (Å²) in [6, 6.07) is 2.08. The zero-order chi connectivity index (χ0) is 8.69. The lowest BCUT2D eigenvalue weighted by Gasteiger charge is -2.02. The lowest BCUT2D eigenvalue weighted by atomic mass is 10.4. The molecule has 0 fully saturated rings. The highest BCUT2D eigenvalue weighted by molar-refractivity contribution is 8.14. The van der Waals surface area contributed by atoms with Gasteiger partial charge in [0.15, 0.2) is 5.12 Å². The van der Waals surface area contributed by atoms with Gasteiger partial charge in [0.2, 0.25) is 0 Å². The number of nitrogens with zero attached hydrogens (tertiary/aromatic N) is 1. The number of thioether (sulfide) groups is 1. The normalized spacial score (nSPS) is 12.1. The van der Waals surface area contributed by atoms with E-state index >= 15 is 0 Å². The summed E-state index contributed by atoms with van der Waals surface area (Å²) in [7, 11) is 0. The molecule has 0 rings (SSSR count). The molecule has 0 spiro atoms. The summed E-state index contributed by atoms with van der Waals surface area (Å²) >= 11 is 1.17. The summed E-state index contributed by atoms with van der Waals surface area (Å²) in [4.78, 5) is 11.0. The molecule has 0 bridgehead atoms. The summed E-state index contributed by atoms with van der Waals surface area (Å²) in [5.41, 5.74) is 0. The van der Waals surface area contributed by atoms with Crippen molar-refractivity contribution in [1.29, 1.82) is 5.26 Å². The Morgan fingerprint density at radius 3 is 2.64 bits per heavy atom. The Kier molecular flexibility index (Phi) is 5.96. The van der Waals surface area contributed by atoms with Crippen LogP contribution in [-0.2, 0) is 4.79 Å². The van der Waals surface area contributed by atoms with Crippen LogP contribution >= 0.6 is 11.8 Å². The van der Waals surface area contributed by atoms with E-state index in [0.717, 1.165) is 12.8 Å². The minimum absolute atomic E-state index is 0.140. The van der Waals surface area contributed by atoms with Gasteiger partial charge in [-0.05, 0) is 12.8 Å². The number of rotatable bonds is 4. The van der Waals surface area contributed by atoms with Gasteiger partial charge >= 0.3 is 0 Å². The fourth-order valence-corrected chi connectivity index (χ4v) is 1.48. The van der Waals surface area contributed by atoms with Gasteiger partial charge in [-0.1, -0.05) is 25.6 Å². The quantitative estimate of drug-likeness (QED) is 0.652. The van der Waals surface area contributed by atoms with Crippen molar-refractivity contribution in [3.05, 3.63) is 0 Å². The monoisotopic (exact) mass is 171 g/mol.